The zero-order valence-electron chi connectivity index (χ0n) is 29.8. The van der Waals surface area contributed by atoms with Crippen LogP contribution in [0, 0.1) is 0 Å². The van der Waals surface area contributed by atoms with Crippen molar-refractivity contribution in [2.24, 2.45) is 0 Å². The van der Waals surface area contributed by atoms with Crippen molar-refractivity contribution in [3.05, 3.63) is 66.1 Å². The Morgan fingerprint density at radius 3 is 2.42 bits per heavy atom. The molecule has 1 aliphatic carbocycles. The first-order chi connectivity index (χ1) is 23.8. The number of aromatic nitrogens is 3. The first-order valence-corrected chi connectivity index (χ1v) is 17.7. The van der Waals surface area contributed by atoms with Crippen molar-refractivity contribution in [3.8, 4) is 39.4 Å². The lowest BCUT2D eigenvalue weighted by Gasteiger charge is -2.27. The number of alkyl carbamates (subject to hydrolysis) is 1. The van der Waals surface area contributed by atoms with Gasteiger partial charge in [0.05, 0.1) is 18.5 Å². The van der Waals surface area contributed by atoms with Crippen LogP contribution in [0.1, 0.15) is 103 Å². The minimum Gasteiger partial charge on any atom is -0.492 e. The molecule has 7 rings (SSSR count). The molecule has 0 unspecified atom stereocenters. The molecule has 0 bridgehead atoms. The molecular weight excluding hydrogens is 634 g/mol. The van der Waals surface area contributed by atoms with Gasteiger partial charge in [-0.2, -0.15) is 0 Å². The first-order valence-electron chi connectivity index (χ1n) is 17.7. The second-order valence-electron chi connectivity index (χ2n) is 15.5. The maximum Gasteiger partial charge on any atom is 0.410 e. The minimum absolute atomic E-state index is 0.0174. The molecular formula is C39H47N5O6. The molecule has 11 heteroatoms. The average molecular weight is 682 g/mol. The molecule has 1 saturated heterocycles. The number of ether oxygens (including phenoxy) is 3. The highest BCUT2D eigenvalue weighted by Gasteiger charge is 2.38. The number of aromatic amines is 1. The summed E-state index contributed by atoms with van der Waals surface area (Å²) in [5, 5.41) is 3.06. The molecule has 4 aromatic rings. The number of rotatable bonds is 5. The molecule has 0 spiro atoms. The lowest BCUT2D eigenvalue weighted by Crippen LogP contribution is -2.40. The molecule has 1 saturated carbocycles. The summed E-state index contributed by atoms with van der Waals surface area (Å²) in [6.07, 6.45) is 6.25. The number of oxazole rings is 1. The summed E-state index contributed by atoms with van der Waals surface area (Å²) in [4.78, 5) is 40.3. The molecule has 2 fully saturated rings. The fourth-order valence-corrected chi connectivity index (χ4v) is 7.16. The number of nitrogens with zero attached hydrogens (tertiary/aromatic N) is 3. The topological polar surface area (TPSA) is 132 Å². The van der Waals surface area contributed by atoms with E-state index in [4.69, 9.17) is 28.6 Å². The summed E-state index contributed by atoms with van der Waals surface area (Å²) in [7, 11) is 0. The van der Waals surface area contributed by atoms with Crippen molar-refractivity contribution < 1.29 is 28.2 Å². The summed E-state index contributed by atoms with van der Waals surface area (Å²) in [6, 6.07) is 14.3. The van der Waals surface area contributed by atoms with Crippen LogP contribution < -0.4 is 10.1 Å². The van der Waals surface area contributed by atoms with Crippen molar-refractivity contribution >= 4 is 12.2 Å². The van der Waals surface area contributed by atoms with Crippen LogP contribution in [-0.2, 0) is 15.9 Å². The third kappa shape index (κ3) is 7.22. The molecule has 50 heavy (non-hydrogen) atoms. The Kier molecular flexibility index (Phi) is 8.86. The monoisotopic (exact) mass is 681 g/mol. The van der Waals surface area contributed by atoms with E-state index in [0.717, 1.165) is 83.1 Å². The number of carbonyl (C=O) groups is 2. The minimum atomic E-state index is -0.572. The van der Waals surface area contributed by atoms with E-state index in [1.165, 1.54) is 0 Å². The third-order valence-electron chi connectivity index (χ3n) is 9.40. The standard InChI is InChI=1S/C39H47N5O6/c1-38(2,3)49-36(45)42-28-10-7-9-26(28)34-40-22-29(41-34)24-14-12-23(13-15-24)25-16-17-27-32(21-25)47-20-18-31-33(27)43-35(48-31)30-11-8-19-44(30)37(46)50-39(4,5)6/h12-17,21-22,26,28,30H,7-11,18-20H2,1-6H3,(H,40,41)(H,42,45)/t26-,28+,30-/m0/s1. The Morgan fingerprint density at radius 2 is 1.66 bits per heavy atom. The Balaban J connectivity index is 1.06. The summed E-state index contributed by atoms with van der Waals surface area (Å²) < 4.78 is 23.7. The second-order valence-corrected chi connectivity index (χ2v) is 15.5. The molecule has 2 amide bonds. The van der Waals surface area contributed by atoms with Crippen molar-refractivity contribution in [1.29, 1.82) is 0 Å². The number of benzene rings is 2. The maximum atomic E-state index is 12.9. The molecule has 2 aliphatic heterocycles. The van der Waals surface area contributed by atoms with Crippen LogP contribution >= 0.6 is 0 Å². The molecule has 2 N–H and O–H groups in total. The Bertz CT molecular complexity index is 1860. The van der Waals surface area contributed by atoms with Crippen molar-refractivity contribution in [2.45, 2.75) is 109 Å². The number of likely N-dealkylation sites (tertiary alicyclic amines) is 1. The van der Waals surface area contributed by atoms with E-state index in [1.54, 1.807) is 4.90 Å². The van der Waals surface area contributed by atoms with Crippen LogP contribution in [0.2, 0.25) is 0 Å². The molecule has 0 radical (unpaired) electrons. The molecule has 264 valence electrons. The van der Waals surface area contributed by atoms with Crippen LogP contribution in [-0.4, -0.2) is 62.4 Å². The van der Waals surface area contributed by atoms with Gasteiger partial charge >= 0.3 is 12.2 Å². The smallest absolute Gasteiger partial charge is 0.410 e. The number of amides is 2. The highest BCUT2D eigenvalue weighted by Crippen LogP contribution is 2.42. The number of H-pyrrole nitrogens is 1. The number of imidazole rings is 1. The Hall–Kier alpha value is -4.80. The second kappa shape index (κ2) is 13.2. The van der Waals surface area contributed by atoms with Gasteiger partial charge in [-0.3, -0.25) is 4.90 Å². The van der Waals surface area contributed by atoms with Gasteiger partial charge in [0, 0.05) is 30.5 Å². The van der Waals surface area contributed by atoms with Gasteiger partial charge in [-0.05, 0) is 96.0 Å². The quantitative estimate of drug-likeness (QED) is 0.214. The largest absolute Gasteiger partial charge is 0.492 e. The summed E-state index contributed by atoms with van der Waals surface area (Å²) in [5.41, 5.74) is 4.58. The van der Waals surface area contributed by atoms with E-state index in [9.17, 15) is 9.59 Å². The molecule has 11 nitrogen and oxygen atoms in total. The van der Waals surface area contributed by atoms with E-state index in [0.29, 0.717) is 25.5 Å². The normalized spacial score (nSPS) is 20.4. The van der Waals surface area contributed by atoms with Gasteiger partial charge in [0.15, 0.2) is 0 Å². The third-order valence-corrected chi connectivity index (χ3v) is 9.40. The summed E-state index contributed by atoms with van der Waals surface area (Å²) in [6.45, 7) is 12.3. The van der Waals surface area contributed by atoms with Crippen molar-refractivity contribution in [2.75, 3.05) is 13.2 Å². The zero-order chi connectivity index (χ0) is 35.2. The SMILES string of the molecule is CC(C)(C)OC(=O)N[C@@H]1CCC[C@@H]1c1ncc(-c2ccc(-c3ccc4c(c3)OCCc3oc([C@@H]5CCCN5C(=O)OC(C)(C)C)nc3-4)cc2)[nH]1. The van der Waals surface area contributed by atoms with E-state index < -0.39 is 11.2 Å². The summed E-state index contributed by atoms with van der Waals surface area (Å²) >= 11 is 0. The van der Waals surface area contributed by atoms with E-state index in [1.807, 2.05) is 53.8 Å². The predicted molar refractivity (Wildman–Crippen MR) is 189 cm³/mol. The molecule has 4 heterocycles. The fourth-order valence-electron chi connectivity index (χ4n) is 7.16. The summed E-state index contributed by atoms with van der Waals surface area (Å²) in [5.74, 6) is 3.07. The molecule has 2 aromatic heterocycles. The Labute approximate surface area is 293 Å². The number of hydrogen-bond acceptors (Lipinski definition) is 8. The fraction of sp³-hybridized carbons (Fsp3) is 0.487. The van der Waals surface area contributed by atoms with Gasteiger partial charge in [0.2, 0.25) is 5.89 Å². The van der Waals surface area contributed by atoms with Gasteiger partial charge in [0.25, 0.3) is 0 Å². The zero-order valence-corrected chi connectivity index (χ0v) is 29.8. The van der Waals surface area contributed by atoms with E-state index >= 15 is 0 Å². The molecule has 3 aliphatic rings. The van der Waals surface area contributed by atoms with Crippen LogP contribution in [0.5, 0.6) is 5.75 Å². The molecule has 2 aromatic carbocycles. The Morgan fingerprint density at radius 1 is 0.920 bits per heavy atom. The maximum absolute atomic E-state index is 12.9. The first kappa shape index (κ1) is 33.7. The number of carbonyl (C=O) groups excluding carboxylic acids is 2. The predicted octanol–water partition coefficient (Wildman–Crippen LogP) is 8.57. The van der Waals surface area contributed by atoms with Crippen LogP contribution in [0.3, 0.4) is 0 Å². The lowest BCUT2D eigenvalue weighted by atomic mass is 10.00. The van der Waals surface area contributed by atoms with Crippen molar-refractivity contribution in [1.82, 2.24) is 25.2 Å². The lowest BCUT2D eigenvalue weighted by molar-refractivity contribution is 0.0202. The van der Waals surface area contributed by atoms with Gasteiger partial charge in [-0.25, -0.2) is 19.6 Å². The van der Waals surface area contributed by atoms with Crippen LogP contribution in [0.4, 0.5) is 9.59 Å². The van der Waals surface area contributed by atoms with E-state index in [-0.39, 0.29) is 30.2 Å². The molecule has 3 atom stereocenters. The van der Waals surface area contributed by atoms with Crippen LogP contribution in [0.25, 0.3) is 33.6 Å². The van der Waals surface area contributed by atoms with Gasteiger partial charge in [0.1, 0.15) is 40.3 Å². The van der Waals surface area contributed by atoms with Gasteiger partial charge in [-0.1, -0.05) is 36.8 Å². The van der Waals surface area contributed by atoms with Gasteiger partial charge in [-0.15, -0.1) is 0 Å². The van der Waals surface area contributed by atoms with Gasteiger partial charge < -0.3 is 28.9 Å². The van der Waals surface area contributed by atoms with Crippen LogP contribution in [0.15, 0.2) is 53.1 Å². The average Bonchev–Trinajstić information content (AvgIpc) is 3.85. The number of hydrogen-bond donors (Lipinski definition) is 2. The highest BCUT2D eigenvalue weighted by atomic mass is 16.6. The highest BCUT2D eigenvalue weighted by molar-refractivity contribution is 5.77. The van der Waals surface area contributed by atoms with E-state index in [2.05, 4.69) is 46.7 Å². The number of nitrogens with one attached hydrogen (secondary N) is 2. The van der Waals surface area contributed by atoms with Crippen molar-refractivity contribution in [3.63, 3.8) is 0 Å². The number of fused-ring (bicyclic) bond motifs is 3.